The fraction of sp³-hybridized carbons (Fsp3) is 0.350. The van der Waals surface area contributed by atoms with Crippen LogP contribution in [-0.2, 0) is 6.54 Å². The molecule has 2 nitrogen and oxygen atoms in total. The zero-order chi connectivity index (χ0) is 15.6. The van der Waals surface area contributed by atoms with Crippen LogP contribution < -0.4 is 0 Å². The molecule has 2 aliphatic heterocycles. The molecule has 2 aliphatic rings. The first-order valence-corrected chi connectivity index (χ1v) is 8.42. The van der Waals surface area contributed by atoms with Crippen molar-refractivity contribution in [2.75, 3.05) is 0 Å². The van der Waals surface area contributed by atoms with Crippen molar-refractivity contribution >= 4 is 5.57 Å². The maximum atomic E-state index is 13.5. The summed E-state index contributed by atoms with van der Waals surface area (Å²) in [5, 5.41) is 0. The maximum absolute atomic E-state index is 13.5. The van der Waals surface area contributed by atoms with Gasteiger partial charge in [0.1, 0.15) is 5.82 Å². The van der Waals surface area contributed by atoms with Gasteiger partial charge in [-0.3, -0.25) is 9.88 Å². The van der Waals surface area contributed by atoms with Crippen LogP contribution in [0.15, 0.2) is 54.7 Å². The van der Waals surface area contributed by atoms with Crippen molar-refractivity contribution in [2.45, 2.75) is 44.3 Å². The quantitative estimate of drug-likeness (QED) is 0.834. The van der Waals surface area contributed by atoms with E-state index in [1.807, 2.05) is 0 Å². The Bertz CT molecular complexity index is 711. The van der Waals surface area contributed by atoms with Crippen LogP contribution >= 0.6 is 0 Å². The van der Waals surface area contributed by atoms with Gasteiger partial charge in [0.15, 0.2) is 0 Å². The lowest BCUT2D eigenvalue weighted by molar-refractivity contribution is 0.0950. The summed E-state index contributed by atoms with van der Waals surface area (Å²) in [6, 6.07) is 14.6. The zero-order valence-corrected chi connectivity index (χ0v) is 13.2. The maximum Gasteiger partial charge on any atom is 0.126 e. The van der Waals surface area contributed by atoms with Gasteiger partial charge in [-0.2, -0.15) is 0 Å². The molecule has 0 aliphatic carbocycles. The van der Waals surface area contributed by atoms with Crippen LogP contribution in [0.5, 0.6) is 0 Å². The van der Waals surface area contributed by atoms with Gasteiger partial charge in [0, 0.05) is 24.8 Å². The number of benzene rings is 1. The van der Waals surface area contributed by atoms with Crippen molar-refractivity contribution in [1.82, 2.24) is 9.88 Å². The highest BCUT2D eigenvalue weighted by atomic mass is 19.1. The van der Waals surface area contributed by atoms with Gasteiger partial charge >= 0.3 is 0 Å². The predicted molar refractivity (Wildman–Crippen MR) is 90.2 cm³/mol. The molecular formula is C20H21FN2. The van der Waals surface area contributed by atoms with Crippen molar-refractivity contribution < 1.29 is 4.39 Å². The Morgan fingerprint density at radius 2 is 2.00 bits per heavy atom. The largest absolute Gasteiger partial charge is 0.289 e. The van der Waals surface area contributed by atoms with E-state index in [-0.39, 0.29) is 5.82 Å². The van der Waals surface area contributed by atoms with Crippen LogP contribution in [-0.4, -0.2) is 22.0 Å². The molecule has 118 valence electrons. The van der Waals surface area contributed by atoms with Crippen LogP contribution in [0, 0.1) is 5.82 Å². The number of halogens is 1. The highest BCUT2D eigenvalue weighted by molar-refractivity contribution is 5.65. The second kappa shape index (κ2) is 6.25. The number of fused-ring (bicyclic) bond motifs is 2. The van der Waals surface area contributed by atoms with Gasteiger partial charge in [0.2, 0.25) is 0 Å². The van der Waals surface area contributed by atoms with Crippen LogP contribution in [0.4, 0.5) is 4.39 Å². The molecule has 1 fully saturated rings. The van der Waals surface area contributed by atoms with E-state index in [1.165, 1.54) is 36.5 Å². The molecular weight excluding hydrogens is 287 g/mol. The Morgan fingerprint density at radius 3 is 2.78 bits per heavy atom. The van der Waals surface area contributed by atoms with Crippen molar-refractivity contribution in [1.29, 1.82) is 0 Å². The average molecular weight is 308 g/mol. The van der Waals surface area contributed by atoms with E-state index in [0.29, 0.717) is 12.1 Å². The molecule has 1 aromatic heterocycles. The normalized spacial score (nSPS) is 24.3. The third kappa shape index (κ3) is 3.06. The number of rotatable bonds is 3. The van der Waals surface area contributed by atoms with Crippen molar-refractivity contribution in [3.63, 3.8) is 0 Å². The first-order chi connectivity index (χ1) is 11.3. The molecule has 0 amide bonds. The van der Waals surface area contributed by atoms with Crippen LogP contribution in [0.2, 0.25) is 0 Å². The van der Waals surface area contributed by atoms with Crippen molar-refractivity contribution in [3.8, 4) is 0 Å². The highest BCUT2D eigenvalue weighted by Gasteiger charge is 2.34. The second-order valence-electron chi connectivity index (χ2n) is 6.57. The molecule has 1 saturated heterocycles. The number of hydrogen-bond acceptors (Lipinski definition) is 2. The van der Waals surface area contributed by atoms with Crippen molar-refractivity contribution in [3.05, 3.63) is 71.8 Å². The molecule has 0 N–H and O–H groups in total. The molecule has 0 radical (unpaired) electrons. The fourth-order valence-corrected chi connectivity index (χ4v) is 3.93. The minimum absolute atomic E-state index is 0.201. The molecule has 2 bridgehead atoms. The third-order valence-corrected chi connectivity index (χ3v) is 5.04. The summed E-state index contributed by atoms with van der Waals surface area (Å²) >= 11 is 0. The first kappa shape index (κ1) is 14.6. The van der Waals surface area contributed by atoms with Crippen LogP contribution in [0.3, 0.4) is 0 Å². The molecule has 1 aromatic carbocycles. The minimum atomic E-state index is -0.201. The minimum Gasteiger partial charge on any atom is -0.289 e. The van der Waals surface area contributed by atoms with E-state index in [0.717, 1.165) is 18.7 Å². The lowest BCUT2D eigenvalue weighted by atomic mass is 9.83. The SMILES string of the molecule is Fc1ccnc(C2=CC3CCCC(C2)N3Cc2ccccc2)c1. The predicted octanol–water partition coefficient (Wildman–Crippen LogP) is 4.43. The van der Waals surface area contributed by atoms with Crippen molar-refractivity contribution in [2.24, 2.45) is 0 Å². The highest BCUT2D eigenvalue weighted by Crippen LogP contribution is 2.37. The summed E-state index contributed by atoms with van der Waals surface area (Å²) in [5.74, 6) is -0.201. The monoisotopic (exact) mass is 308 g/mol. The number of pyridine rings is 1. The van der Waals surface area contributed by atoms with E-state index >= 15 is 0 Å². The molecule has 3 heterocycles. The number of nitrogens with zero attached hydrogens (tertiary/aromatic N) is 2. The van der Waals surface area contributed by atoms with Gasteiger partial charge in [-0.25, -0.2) is 4.39 Å². The number of aromatic nitrogens is 1. The lowest BCUT2D eigenvalue weighted by Gasteiger charge is -2.45. The van der Waals surface area contributed by atoms with Gasteiger partial charge in [0.05, 0.1) is 5.69 Å². The molecule has 0 saturated carbocycles. The van der Waals surface area contributed by atoms with E-state index in [9.17, 15) is 4.39 Å². The third-order valence-electron chi connectivity index (χ3n) is 5.04. The fourth-order valence-electron chi connectivity index (χ4n) is 3.93. The molecule has 3 heteroatoms. The number of hydrogen-bond donors (Lipinski definition) is 0. The summed E-state index contributed by atoms with van der Waals surface area (Å²) < 4.78 is 13.5. The Kier molecular flexibility index (Phi) is 3.96. The summed E-state index contributed by atoms with van der Waals surface area (Å²) in [5.41, 5.74) is 3.38. The van der Waals surface area contributed by atoms with E-state index in [2.05, 4.69) is 46.3 Å². The van der Waals surface area contributed by atoms with Crippen LogP contribution in [0.1, 0.15) is 36.9 Å². The molecule has 2 atom stereocenters. The molecule has 0 spiro atoms. The summed E-state index contributed by atoms with van der Waals surface area (Å²) in [7, 11) is 0. The average Bonchev–Trinajstić information content (AvgIpc) is 2.55. The summed E-state index contributed by atoms with van der Waals surface area (Å²) in [6.45, 7) is 0.997. The number of piperidine rings is 1. The van der Waals surface area contributed by atoms with E-state index in [4.69, 9.17) is 0 Å². The smallest absolute Gasteiger partial charge is 0.126 e. The molecule has 2 aromatic rings. The van der Waals surface area contributed by atoms with Gasteiger partial charge in [-0.05, 0) is 42.5 Å². The second-order valence-corrected chi connectivity index (χ2v) is 6.57. The van der Waals surface area contributed by atoms with Gasteiger partial charge in [0.25, 0.3) is 0 Å². The van der Waals surface area contributed by atoms with Crippen LogP contribution in [0.25, 0.3) is 5.57 Å². The Morgan fingerprint density at radius 1 is 1.13 bits per heavy atom. The molecule has 4 rings (SSSR count). The summed E-state index contributed by atoms with van der Waals surface area (Å²) in [4.78, 5) is 6.99. The van der Waals surface area contributed by atoms with Gasteiger partial charge < -0.3 is 0 Å². The molecule has 23 heavy (non-hydrogen) atoms. The zero-order valence-electron chi connectivity index (χ0n) is 13.2. The Balaban J connectivity index is 1.60. The molecule has 2 unspecified atom stereocenters. The standard InChI is InChI=1S/C20H21FN2/c21-17-9-10-22-20(13-17)16-11-18-7-4-8-19(12-16)23(18)14-15-5-2-1-3-6-15/h1-3,5-6,9-11,13,18-19H,4,7-8,12,14H2. The Labute approximate surface area is 136 Å². The van der Waals surface area contributed by atoms with E-state index in [1.54, 1.807) is 12.3 Å². The van der Waals surface area contributed by atoms with Gasteiger partial charge in [-0.1, -0.05) is 42.8 Å². The van der Waals surface area contributed by atoms with E-state index < -0.39 is 0 Å². The lowest BCUT2D eigenvalue weighted by Crippen LogP contribution is -2.47. The Hall–Kier alpha value is -2.00. The topological polar surface area (TPSA) is 16.1 Å². The van der Waals surface area contributed by atoms with Gasteiger partial charge in [-0.15, -0.1) is 0 Å². The summed E-state index contributed by atoms with van der Waals surface area (Å²) in [6.07, 6.45) is 8.54. The first-order valence-electron chi connectivity index (χ1n) is 8.42.